The molecule has 2 amide bonds. The fraction of sp³-hybridized carbons (Fsp3) is 0.421. The van der Waals surface area contributed by atoms with Crippen LogP contribution in [0.3, 0.4) is 0 Å². The summed E-state index contributed by atoms with van der Waals surface area (Å²) < 4.78 is 1.80. The van der Waals surface area contributed by atoms with Crippen LogP contribution in [0.4, 0.5) is 11.5 Å². The Morgan fingerprint density at radius 2 is 2.04 bits per heavy atom. The molecule has 1 aliphatic heterocycles. The quantitative estimate of drug-likeness (QED) is 0.879. The van der Waals surface area contributed by atoms with E-state index in [2.05, 4.69) is 17.3 Å². The van der Waals surface area contributed by atoms with Crippen LogP contribution in [0.15, 0.2) is 36.5 Å². The van der Waals surface area contributed by atoms with E-state index in [0.717, 1.165) is 30.6 Å². The Balaban J connectivity index is 1.65. The van der Waals surface area contributed by atoms with Crippen molar-refractivity contribution in [2.24, 2.45) is 5.92 Å². The molecule has 1 aromatic heterocycles. The van der Waals surface area contributed by atoms with Crippen LogP contribution < -0.4 is 10.2 Å². The summed E-state index contributed by atoms with van der Waals surface area (Å²) >= 11 is 0. The van der Waals surface area contributed by atoms with Crippen LogP contribution >= 0.6 is 0 Å². The van der Waals surface area contributed by atoms with E-state index < -0.39 is 0 Å². The number of nitrogens with zero attached hydrogens (tertiary/aromatic N) is 3. The zero-order valence-corrected chi connectivity index (χ0v) is 14.7. The highest BCUT2D eigenvalue weighted by Crippen LogP contribution is 2.26. The number of aryl methyl sites for hydroxylation is 2. The van der Waals surface area contributed by atoms with Crippen molar-refractivity contribution in [2.75, 3.05) is 16.8 Å². The van der Waals surface area contributed by atoms with E-state index in [1.54, 1.807) is 21.8 Å². The minimum Gasteiger partial charge on any atom is -0.312 e. The predicted molar refractivity (Wildman–Crippen MR) is 97.4 cm³/mol. The van der Waals surface area contributed by atoms with E-state index in [1.807, 2.05) is 31.2 Å². The van der Waals surface area contributed by atoms with Crippen LogP contribution in [0.25, 0.3) is 0 Å². The molecule has 132 valence electrons. The summed E-state index contributed by atoms with van der Waals surface area (Å²) in [5.41, 5.74) is 1.99. The zero-order chi connectivity index (χ0) is 17.8. The Kier molecular flexibility index (Phi) is 5.16. The van der Waals surface area contributed by atoms with E-state index >= 15 is 0 Å². The molecule has 1 saturated heterocycles. The molecule has 2 aromatic rings. The van der Waals surface area contributed by atoms with Crippen molar-refractivity contribution < 1.29 is 9.59 Å². The zero-order valence-electron chi connectivity index (χ0n) is 14.7. The molecule has 1 fully saturated rings. The lowest BCUT2D eigenvalue weighted by Crippen LogP contribution is -2.28. The molecule has 1 aromatic carbocycles. The number of amides is 2. The van der Waals surface area contributed by atoms with Gasteiger partial charge in [0.05, 0.1) is 12.1 Å². The highest BCUT2D eigenvalue weighted by atomic mass is 16.2. The predicted octanol–water partition coefficient (Wildman–Crippen LogP) is 2.98. The lowest BCUT2D eigenvalue weighted by Gasteiger charge is -2.17. The molecular formula is C19H24N4O2. The fourth-order valence-electron chi connectivity index (χ4n) is 3.01. The largest absolute Gasteiger partial charge is 0.312 e. The number of anilines is 2. The number of hydrogen-bond acceptors (Lipinski definition) is 3. The number of nitrogens with one attached hydrogen (secondary N) is 1. The van der Waals surface area contributed by atoms with Gasteiger partial charge < -0.3 is 10.2 Å². The number of aromatic nitrogens is 2. The number of carbonyl (C=O) groups excluding carboxylic acids is 2. The molecule has 1 aliphatic rings. The van der Waals surface area contributed by atoms with Crippen LogP contribution in [0.1, 0.15) is 31.7 Å². The maximum absolute atomic E-state index is 12.6. The summed E-state index contributed by atoms with van der Waals surface area (Å²) in [7, 11) is 0. The molecule has 0 spiro atoms. The highest BCUT2D eigenvalue weighted by Gasteiger charge is 2.35. The molecule has 6 nitrogen and oxygen atoms in total. The first kappa shape index (κ1) is 17.2. The van der Waals surface area contributed by atoms with Gasteiger partial charge in [-0.05, 0) is 25.5 Å². The van der Waals surface area contributed by atoms with Crippen molar-refractivity contribution in [3.05, 3.63) is 42.1 Å². The van der Waals surface area contributed by atoms with Gasteiger partial charge in [-0.3, -0.25) is 9.59 Å². The maximum atomic E-state index is 12.6. The third kappa shape index (κ3) is 3.90. The second-order valence-corrected chi connectivity index (χ2v) is 6.52. The van der Waals surface area contributed by atoms with Crippen LogP contribution in [-0.4, -0.2) is 28.1 Å². The Morgan fingerprint density at radius 3 is 2.76 bits per heavy atom. The monoisotopic (exact) mass is 340 g/mol. The number of rotatable bonds is 6. The van der Waals surface area contributed by atoms with Crippen LogP contribution in [0.2, 0.25) is 0 Å². The van der Waals surface area contributed by atoms with Gasteiger partial charge >= 0.3 is 0 Å². The van der Waals surface area contributed by atoms with Crippen molar-refractivity contribution in [3.8, 4) is 0 Å². The first-order chi connectivity index (χ1) is 12.1. The number of hydrogen-bond donors (Lipinski definition) is 1. The Hall–Kier alpha value is -2.63. The van der Waals surface area contributed by atoms with Gasteiger partial charge in [0.15, 0.2) is 0 Å². The fourth-order valence-corrected chi connectivity index (χ4v) is 3.01. The lowest BCUT2D eigenvalue weighted by atomic mass is 10.1. The Bertz CT molecular complexity index is 751. The van der Waals surface area contributed by atoms with Gasteiger partial charge in [0, 0.05) is 31.3 Å². The molecule has 0 bridgehead atoms. The van der Waals surface area contributed by atoms with Crippen molar-refractivity contribution in [1.82, 2.24) is 9.78 Å². The molecule has 25 heavy (non-hydrogen) atoms. The minimum absolute atomic E-state index is 0.0107. The van der Waals surface area contributed by atoms with Gasteiger partial charge in [-0.25, -0.2) is 4.68 Å². The molecular weight excluding hydrogens is 316 g/mol. The molecule has 3 rings (SSSR count). The van der Waals surface area contributed by atoms with E-state index in [1.165, 1.54) is 0 Å². The first-order valence-corrected chi connectivity index (χ1v) is 8.78. The maximum Gasteiger partial charge on any atom is 0.230 e. The van der Waals surface area contributed by atoms with E-state index in [9.17, 15) is 9.59 Å². The third-order valence-corrected chi connectivity index (χ3v) is 4.53. The second kappa shape index (κ2) is 7.51. The minimum atomic E-state index is -0.344. The van der Waals surface area contributed by atoms with Gasteiger partial charge in [-0.15, -0.1) is 0 Å². The highest BCUT2D eigenvalue weighted by molar-refractivity contribution is 6.03. The average Bonchev–Trinajstić information content (AvgIpc) is 3.20. The van der Waals surface area contributed by atoms with Gasteiger partial charge in [-0.1, -0.05) is 31.0 Å². The molecule has 2 heterocycles. The van der Waals surface area contributed by atoms with Crippen molar-refractivity contribution >= 4 is 23.3 Å². The summed E-state index contributed by atoms with van der Waals surface area (Å²) in [5, 5.41) is 7.17. The van der Waals surface area contributed by atoms with Gasteiger partial charge in [-0.2, -0.15) is 5.10 Å². The smallest absolute Gasteiger partial charge is 0.230 e. The van der Waals surface area contributed by atoms with Crippen molar-refractivity contribution in [1.29, 1.82) is 0 Å². The molecule has 0 saturated carbocycles. The van der Waals surface area contributed by atoms with E-state index in [0.29, 0.717) is 12.4 Å². The summed E-state index contributed by atoms with van der Waals surface area (Å²) in [6, 6.07) is 9.59. The van der Waals surface area contributed by atoms with Crippen LogP contribution in [0, 0.1) is 12.8 Å². The summed E-state index contributed by atoms with van der Waals surface area (Å²) in [6.45, 7) is 5.31. The summed E-state index contributed by atoms with van der Waals surface area (Å²) in [5.74, 6) is 0.215. The van der Waals surface area contributed by atoms with E-state index in [-0.39, 0.29) is 24.2 Å². The molecule has 0 aliphatic carbocycles. The average molecular weight is 340 g/mol. The van der Waals surface area contributed by atoms with Crippen molar-refractivity contribution in [3.63, 3.8) is 0 Å². The summed E-state index contributed by atoms with van der Waals surface area (Å²) in [4.78, 5) is 26.6. The molecule has 1 unspecified atom stereocenters. The second-order valence-electron chi connectivity index (χ2n) is 6.52. The van der Waals surface area contributed by atoms with Crippen molar-refractivity contribution in [2.45, 2.75) is 39.7 Å². The summed E-state index contributed by atoms with van der Waals surface area (Å²) in [6.07, 6.45) is 4.00. The first-order valence-electron chi connectivity index (χ1n) is 8.78. The number of benzene rings is 1. The standard InChI is InChI=1S/C19H24N4O2/c1-3-4-11-23-17(9-10-20-23)21-19(25)15-12-18(24)22(13-15)16-7-5-14(2)6-8-16/h5-10,15H,3-4,11-13H2,1-2H3,(H,21,25). The third-order valence-electron chi connectivity index (χ3n) is 4.53. The SMILES string of the molecule is CCCCn1nccc1NC(=O)C1CC(=O)N(c2ccc(C)cc2)C1. The van der Waals surface area contributed by atoms with Crippen LogP contribution in [0.5, 0.6) is 0 Å². The topological polar surface area (TPSA) is 67.2 Å². The van der Waals surface area contributed by atoms with Crippen LogP contribution in [-0.2, 0) is 16.1 Å². The Labute approximate surface area is 147 Å². The van der Waals surface area contributed by atoms with Gasteiger partial charge in [0.2, 0.25) is 11.8 Å². The number of carbonyl (C=O) groups is 2. The molecule has 6 heteroatoms. The molecule has 0 radical (unpaired) electrons. The normalized spacial score (nSPS) is 17.1. The van der Waals surface area contributed by atoms with Gasteiger partial charge in [0.1, 0.15) is 5.82 Å². The molecule has 1 atom stereocenters. The number of unbranched alkanes of at least 4 members (excludes halogenated alkanes) is 1. The van der Waals surface area contributed by atoms with Gasteiger partial charge in [0.25, 0.3) is 0 Å². The lowest BCUT2D eigenvalue weighted by molar-refractivity contribution is -0.122. The molecule has 1 N–H and O–H groups in total. The Morgan fingerprint density at radius 1 is 1.28 bits per heavy atom. The van der Waals surface area contributed by atoms with E-state index in [4.69, 9.17) is 0 Å².